The van der Waals surface area contributed by atoms with Crippen LogP contribution in [0.1, 0.15) is 26.7 Å². The zero-order valence-electron chi connectivity index (χ0n) is 13.8. The number of nitrogens with zero attached hydrogens (tertiary/aromatic N) is 2. The fraction of sp³-hybridized carbons (Fsp3) is 0.800. The van der Waals surface area contributed by atoms with Crippen molar-refractivity contribution < 1.29 is 19.5 Å². The van der Waals surface area contributed by atoms with Gasteiger partial charge in [0.1, 0.15) is 6.04 Å². The van der Waals surface area contributed by atoms with Crippen molar-refractivity contribution in [3.8, 4) is 0 Å². The van der Waals surface area contributed by atoms with Crippen LogP contribution in [0.5, 0.6) is 0 Å². The van der Waals surface area contributed by atoms with Gasteiger partial charge in [-0.3, -0.25) is 9.59 Å². The summed E-state index contributed by atoms with van der Waals surface area (Å²) in [7, 11) is 3.85. The van der Waals surface area contributed by atoms with Crippen LogP contribution in [0.2, 0.25) is 0 Å². The molecule has 0 aromatic heterocycles. The molecule has 0 aliphatic carbocycles. The van der Waals surface area contributed by atoms with Crippen molar-refractivity contribution in [3.05, 3.63) is 0 Å². The van der Waals surface area contributed by atoms with Crippen LogP contribution in [0.4, 0.5) is 0 Å². The van der Waals surface area contributed by atoms with Crippen LogP contribution in [-0.2, 0) is 14.4 Å². The molecule has 1 aliphatic rings. The summed E-state index contributed by atoms with van der Waals surface area (Å²) >= 11 is 0. The Labute approximate surface area is 131 Å². The lowest BCUT2D eigenvalue weighted by molar-refractivity contribution is -0.142. The lowest BCUT2D eigenvalue weighted by atomic mass is 10.0. The topological polar surface area (TPSA) is 90.0 Å². The summed E-state index contributed by atoms with van der Waals surface area (Å²) in [6.07, 6.45) is 0.541. The third-order valence-corrected chi connectivity index (χ3v) is 3.72. The van der Waals surface area contributed by atoms with E-state index in [1.54, 1.807) is 4.90 Å². The summed E-state index contributed by atoms with van der Waals surface area (Å²) in [4.78, 5) is 39.0. The first-order valence-electron chi connectivity index (χ1n) is 7.66. The van der Waals surface area contributed by atoms with E-state index in [2.05, 4.69) is 5.32 Å². The summed E-state index contributed by atoms with van der Waals surface area (Å²) < 4.78 is 0. The van der Waals surface area contributed by atoms with E-state index >= 15 is 0 Å². The maximum Gasteiger partial charge on any atom is 0.326 e. The maximum absolute atomic E-state index is 12.2. The fourth-order valence-electron chi connectivity index (χ4n) is 2.47. The van der Waals surface area contributed by atoms with Gasteiger partial charge in [-0.15, -0.1) is 0 Å². The maximum atomic E-state index is 12.2. The summed E-state index contributed by atoms with van der Waals surface area (Å²) in [6.45, 7) is 5.51. The Kier molecular flexibility index (Phi) is 6.80. The molecule has 1 saturated heterocycles. The van der Waals surface area contributed by atoms with Crippen LogP contribution in [0.15, 0.2) is 0 Å². The highest BCUT2D eigenvalue weighted by molar-refractivity contribution is 5.91. The Morgan fingerprint density at radius 2 is 2.05 bits per heavy atom. The number of hydrogen-bond acceptors (Lipinski definition) is 4. The molecule has 0 bridgehead atoms. The van der Waals surface area contributed by atoms with Crippen LogP contribution < -0.4 is 5.32 Å². The van der Waals surface area contributed by atoms with Crippen molar-refractivity contribution >= 4 is 17.8 Å². The van der Waals surface area contributed by atoms with E-state index in [0.29, 0.717) is 19.5 Å². The number of hydrogen-bond donors (Lipinski definition) is 2. The van der Waals surface area contributed by atoms with E-state index in [-0.39, 0.29) is 24.2 Å². The number of carboxylic acid groups (broad SMARTS) is 1. The molecule has 22 heavy (non-hydrogen) atoms. The van der Waals surface area contributed by atoms with Gasteiger partial charge in [-0.05, 0) is 26.4 Å². The molecule has 0 aromatic rings. The van der Waals surface area contributed by atoms with Crippen molar-refractivity contribution in [2.75, 3.05) is 33.7 Å². The summed E-state index contributed by atoms with van der Waals surface area (Å²) in [5.41, 5.74) is 0. The van der Waals surface area contributed by atoms with Crippen LogP contribution in [0.3, 0.4) is 0 Å². The van der Waals surface area contributed by atoms with Crippen molar-refractivity contribution in [2.45, 2.75) is 32.7 Å². The number of rotatable bonds is 8. The predicted molar refractivity (Wildman–Crippen MR) is 82.3 cm³/mol. The average Bonchev–Trinajstić information content (AvgIpc) is 2.76. The number of carboxylic acids is 1. The van der Waals surface area contributed by atoms with Gasteiger partial charge in [-0.2, -0.15) is 0 Å². The Balaban J connectivity index is 2.55. The number of nitrogens with one attached hydrogen (secondary N) is 1. The van der Waals surface area contributed by atoms with Crippen molar-refractivity contribution in [2.24, 2.45) is 11.8 Å². The van der Waals surface area contributed by atoms with Crippen molar-refractivity contribution in [1.82, 2.24) is 15.1 Å². The predicted octanol–water partition coefficient (Wildman–Crippen LogP) is 0.0120. The third kappa shape index (κ3) is 5.63. The second-order valence-corrected chi connectivity index (χ2v) is 6.57. The van der Waals surface area contributed by atoms with E-state index in [1.165, 1.54) is 0 Å². The number of amides is 2. The van der Waals surface area contributed by atoms with E-state index in [1.807, 2.05) is 32.8 Å². The largest absolute Gasteiger partial charge is 0.480 e. The number of likely N-dealkylation sites (tertiary alicyclic amines) is 1. The van der Waals surface area contributed by atoms with Gasteiger partial charge < -0.3 is 20.2 Å². The molecule has 1 aliphatic heterocycles. The minimum Gasteiger partial charge on any atom is -0.480 e. The van der Waals surface area contributed by atoms with Crippen molar-refractivity contribution in [1.29, 1.82) is 0 Å². The molecule has 7 nitrogen and oxygen atoms in total. The molecule has 0 aromatic carbocycles. The van der Waals surface area contributed by atoms with Gasteiger partial charge in [-0.25, -0.2) is 4.79 Å². The van der Waals surface area contributed by atoms with Crippen molar-refractivity contribution in [3.63, 3.8) is 0 Å². The summed E-state index contributed by atoms with van der Waals surface area (Å²) in [6, 6.07) is -0.890. The lowest BCUT2D eigenvalue weighted by Crippen LogP contribution is -2.45. The Bertz CT molecular complexity index is 423. The number of likely N-dealkylation sites (N-methyl/N-ethyl adjacent to an activating group) is 1. The minimum absolute atomic E-state index is 0.0438. The molecule has 0 radical (unpaired) electrons. The Morgan fingerprint density at radius 1 is 1.41 bits per heavy atom. The Morgan fingerprint density at radius 3 is 2.55 bits per heavy atom. The van der Waals surface area contributed by atoms with Gasteiger partial charge in [0.15, 0.2) is 0 Å². The zero-order chi connectivity index (χ0) is 16.9. The molecule has 0 unspecified atom stereocenters. The molecule has 0 saturated carbocycles. The normalized spacial score (nSPS) is 19.8. The standard InChI is InChI=1S/C15H27N3O4/c1-10(2)7-12(15(21)22)16-14(20)11-8-13(19)18(9-11)6-5-17(3)4/h10-12H,5-9H2,1-4H3,(H,16,20)(H,21,22)/t11-,12-/m1/s1. The highest BCUT2D eigenvalue weighted by Gasteiger charge is 2.35. The van der Waals surface area contributed by atoms with Crippen LogP contribution >= 0.6 is 0 Å². The number of carbonyl (C=O) groups excluding carboxylic acids is 2. The van der Waals surface area contributed by atoms with E-state index in [0.717, 1.165) is 6.54 Å². The molecule has 2 N–H and O–H groups in total. The SMILES string of the molecule is CC(C)C[C@@H](NC(=O)[C@@H]1CC(=O)N(CCN(C)C)C1)C(=O)O. The van der Waals surface area contributed by atoms with Gasteiger partial charge in [0.2, 0.25) is 11.8 Å². The third-order valence-electron chi connectivity index (χ3n) is 3.72. The smallest absolute Gasteiger partial charge is 0.326 e. The first kappa shape index (κ1) is 18.4. The van der Waals surface area contributed by atoms with Crippen LogP contribution in [0.25, 0.3) is 0 Å². The molecule has 2 atom stereocenters. The summed E-state index contributed by atoms with van der Waals surface area (Å²) in [5.74, 6) is -1.70. The first-order valence-corrected chi connectivity index (χ1v) is 7.66. The van der Waals surface area contributed by atoms with Gasteiger partial charge >= 0.3 is 5.97 Å². The zero-order valence-corrected chi connectivity index (χ0v) is 13.8. The molecular formula is C15H27N3O4. The van der Waals surface area contributed by atoms with Gasteiger partial charge in [-0.1, -0.05) is 13.8 Å². The van der Waals surface area contributed by atoms with Crippen LogP contribution in [0, 0.1) is 11.8 Å². The molecule has 2 amide bonds. The molecule has 126 valence electrons. The van der Waals surface area contributed by atoms with E-state index < -0.39 is 17.9 Å². The second kappa shape index (κ2) is 8.12. The molecule has 1 fully saturated rings. The molecule has 1 heterocycles. The van der Waals surface area contributed by atoms with E-state index in [9.17, 15) is 14.4 Å². The highest BCUT2D eigenvalue weighted by atomic mass is 16.4. The lowest BCUT2D eigenvalue weighted by Gasteiger charge is -2.20. The summed E-state index contributed by atoms with van der Waals surface area (Å²) in [5, 5.41) is 11.7. The molecule has 1 rings (SSSR count). The minimum atomic E-state index is -1.03. The fourth-order valence-corrected chi connectivity index (χ4v) is 2.47. The van der Waals surface area contributed by atoms with Gasteiger partial charge in [0.25, 0.3) is 0 Å². The Hall–Kier alpha value is -1.63. The average molecular weight is 313 g/mol. The molecule has 0 spiro atoms. The van der Waals surface area contributed by atoms with E-state index in [4.69, 9.17) is 5.11 Å². The molecule has 7 heteroatoms. The quantitative estimate of drug-likeness (QED) is 0.659. The monoisotopic (exact) mass is 313 g/mol. The first-order chi connectivity index (χ1) is 10.2. The molecular weight excluding hydrogens is 286 g/mol. The second-order valence-electron chi connectivity index (χ2n) is 6.57. The van der Waals surface area contributed by atoms with Crippen LogP contribution in [-0.4, -0.2) is 72.5 Å². The number of aliphatic carboxylic acids is 1. The number of carbonyl (C=O) groups is 3. The van der Waals surface area contributed by atoms with Gasteiger partial charge in [0, 0.05) is 26.1 Å². The highest BCUT2D eigenvalue weighted by Crippen LogP contribution is 2.18. The van der Waals surface area contributed by atoms with Gasteiger partial charge in [0.05, 0.1) is 5.92 Å².